The molecule has 0 atom stereocenters. The summed E-state index contributed by atoms with van der Waals surface area (Å²) in [6.45, 7) is 0. The largest absolute Gasteiger partial charge is 0.384 e. The van der Waals surface area contributed by atoms with Gasteiger partial charge in [0.25, 0.3) is 0 Å². The van der Waals surface area contributed by atoms with E-state index in [-0.39, 0.29) is 22.8 Å². The van der Waals surface area contributed by atoms with E-state index in [0.29, 0.717) is 17.8 Å². The lowest BCUT2D eigenvalue weighted by Crippen LogP contribution is -2.04. The zero-order valence-corrected chi connectivity index (χ0v) is 12.8. The molecule has 2 rings (SSSR count). The number of rotatable bonds is 3. The van der Waals surface area contributed by atoms with Crippen molar-refractivity contribution in [1.82, 2.24) is 4.98 Å². The standard InChI is InChI=1S/C13H11BrN2O.BrH/c14-11-4-2-10(3-5-11)12(17)7-9-1-6-13(15)16-8-9;/h1-6,8H,7H2,(H2,15,16);1H. The first-order chi connectivity index (χ1) is 8.15. The molecule has 0 fully saturated rings. The predicted molar refractivity (Wildman–Crippen MR) is 81.1 cm³/mol. The third-order valence-electron chi connectivity index (χ3n) is 2.38. The number of anilines is 1. The monoisotopic (exact) mass is 370 g/mol. The van der Waals surface area contributed by atoms with Gasteiger partial charge in [0.15, 0.2) is 5.78 Å². The second kappa shape index (κ2) is 6.66. The number of halogens is 2. The SMILES string of the molecule is Br.Nc1ccc(CC(=O)c2ccc(Br)cc2)cn1. The van der Waals surface area contributed by atoms with Crippen LogP contribution in [0.5, 0.6) is 0 Å². The van der Waals surface area contributed by atoms with Crippen molar-refractivity contribution in [2.24, 2.45) is 0 Å². The second-order valence-corrected chi connectivity index (χ2v) is 4.61. The van der Waals surface area contributed by atoms with E-state index >= 15 is 0 Å². The lowest BCUT2D eigenvalue weighted by atomic mass is 10.0. The van der Waals surface area contributed by atoms with Gasteiger partial charge in [-0.15, -0.1) is 17.0 Å². The number of nitrogens with two attached hydrogens (primary N) is 1. The number of pyridine rings is 1. The van der Waals surface area contributed by atoms with Crippen LogP contribution in [0, 0.1) is 0 Å². The first kappa shape index (κ1) is 14.9. The predicted octanol–water partition coefficient (Wildman–Crippen LogP) is 3.43. The first-order valence-corrected chi connectivity index (χ1v) is 5.93. The average Bonchev–Trinajstić information content (AvgIpc) is 2.33. The fraction of sp³-hybridized carbons (Fsp3) is 0.0769. The van der Waals surface area contributed by atoms with Crippen molar-refractivity contribution >= 4 is 44.5 Å². The molecule has 1 aromatic heterocycles. The minimum atomic E-state index is 0. The smallest absolute Gasteiger partial charge is 0.167 e. The van der Waals surface area contributed by atoms with E-state index in [1.165, 1.54) is 0 Å². The fourth-order valence-electron chi connectivity index (χ4n) is 1.46. The molecule has 0 unspecified atom stereocenters. The zero-order chi connectivity index (χ0) is 12.3. The summed E-state index contributed by atoms with van der Waals surface area (Å²) in [6.07, 6.45) is 1.97. The summed E-state index contributed by atoms with van der Waals surface area (Å²) in [6, 6.07) is 10.8. The van der Waals surface area contributed by atoms with Crippen molar-refractivity contribution < 1.29 is 4.79 Å². The summed E-state index contributed by atoms with van der Waals surface area (Å²) in [5.41, 5.74) is 7.05. The highest BCUT2D eigenvalue weighted by Crippen LogP contribution is 2.13. The molecule has 2 aromatic rings. The summed E-state index contributed by atoms with van der Waals surface area (Å²) in [5, 5.41) is 0. The molecule has 0 spiro atoms. The lowest BCUT2D eigenvalue weighted by molar-refractivity contribution is 0.0993. The maximum Gasteiger partial charge on any atom is 0.167 e. The molecule has 5 heteroatoms. The van der Waals surface area contributed by atoms with E-state index in [1.807, 2.05) is 18.2 Å². The number of carbonyl (C=O) groups excluding carboxylic acids is 1. The number of Topliss-reactive ketones (excluding diaryl/α,β-unsaturated/α-hetero) is 1. The minimum absolute atomic E-state index is 0. The molecule has 0 saturated carbocycles. The molecule has 1 heterocycles. The normalized spacial score (nSPS) is 9.61. The molecular formula is C13H12Br2N2O. The van der Waals surface area contributed by atoms with Gasteiger partial charge in [-0.3, -0.25) is 4.79 Å². The van der Waals surface area contributed by atoms with Crippen molar-refractivity contribution in [2.75, 3.05) is 5.73 Å². The molecule has 0 aliphatic heterocycles. The van der Waals surface area contributed by atoms with E-state index in [1.54, 1.807) is 24.4 Å². The Morgan fingerprint density at radius 2 is 1.83 bits per heavy atom. The number of nitrogen functional groups attached to an aromatic ring is 1. The minimum Gasteiger partial charge on any atom is -0.384 e. The Labute approximate surface area is 124 Å². The van der Waals surface area contributed by atoms with Crippen LogP contribution in [0.15, 0.2) is 47.1 Å². The van der Waals surface area contributed by atoms with E-state index in [2.05, 4.69) is 20.9 Å². The van der Waals surface area contributed by atoms with Crippen LogP contribution in [0.1, 0.15) is 15.9 Å². The highest BCUT2D eigenvalue weighted by molar-refractivity contribution is 9.10. The summed E-state index contributed by atoms with van der Waals surface area (Å²) in [7, 11) is 0. The van der Waals surface area contributed by atoms with Crippen LogP contribution < -0.4 is 5.73 Å². The third-order valence-corrected chi connectivity index (χ3v) is 2.91. The third kappa shape index (κ3) is 3.92. The van der Waals surface area contributed by atoms with Crippen LogP contribution >= 0.6 is 32.9 Å². The van der Waals surface area contributed by atoms with Gasteiger partial charge in [-0.05, 0) is 23.8 Å². The Kier molecular flexibility index (Phi) is 5.50. The van der Waals surface area contributed by atoms with Gasteiger partial charge in [-0.25, -0.2) is 4.98 Å². The molecule has 0 bridgehead atoms. The van der Waals surface area contributed by atoms with Gasteiger partial charge in [-0.1, -0.05) is 34.1 Å². The van der Waals surface area contributed by atoms with Crippen molar-refractivity contribution in [1.29, 1.82) is 0 Å². The van der Waals surface area contributed by atoms with Crippen LogP contribution in [0.4, 0.5) is 5.82 Å². The molecule has 0 radical (unpaired) electrons. The second-order valence-electron chi connectivity index (χ2n) is 3.70. The Morgan fingerprint density at radius 3 is 2.39 bits per heavy atom. The van der Waals surface area contributed by atoms with Gasteiger partial charge in [-0.2, -0.15) is 0 Å². The van der Waals surface area contributed by atoms with E-state index in [4.69, 9.17) is 5.73 Å². The maximum absolute atomic E-state index is 11.9. The summed E-state index contributed by atoms with van der Waals surface area (Å²) >= 11 is 3.33. The van der Waals surface area contributed by atoms with E-state index < -0.39 is 0 Å². The van der Waals surface area contributed by atoms with Crippen molar-refractivity contribution in [2.45, 2.75) is 6.42 Å². The van der Waals surface area contributed by atoms with Gasteiger partial charge in [0.2, 0.25) is 0 Å². The highest BCUT2D eigenvalue weighted by Gasteiger charge is 2.06. The number of hydrogen-bond donors (Lipinski definition) is 1. The zero-order valence-electron chi connectivity index (χ0n) is 9.47. The van der Waals surface area contributed by atoms with Crippen molar-refractivity contribution in [3.63, 3.8) is 0 Å². The van der Waals surface area contributed by atoms with E-state index in [9.17, 15) is 4.79 Å². The van der Waals surface area contributed by atoms with Crippen molar-refractivity contribution in [3.05, 3.63) is 58.2 Å². The fourth-order valence-corrected chi connectivity index (χ4v) is 1.73. The van der Waals surface area contributed by atoms with Crippen LogP contribution in [0.25, 0.3) is 0 Å². The molecule has 0 aliphatic rings. The molecule has 0 aliphatic carbocycles. The highest BCUT2D eigenvalue weighted by atomic mass is 79.9. The van der Waals surface area contributed by atoms with Gasteiger partial charge in [0.1, 0.15) is 5.82 Å². The lowest BCUT2D eigenvalue weighted by Gasteiger charge is -2.02. The van der Waals surface area contributed by atoms with Gasteiger partial charge in [0.05, 0.1) is 0 Å². The molecule has 18 heavy (non-hydrogen) atoms. The molecule has 1 aromatic carbocycles. The van der Waals surface area contributed by atoms with Gasteiger partial charge in [0, 0.05) is 22.7 Å². The number of benzene rings is 1. The Balaban J connectivity index is 0.00000162. The number of aromatic nitrogens is 1. The molecule has 94 valence electrons. The van der Waals surface area contributed by atoms with Gasteiger partial charge < -0.3 is 5.73 Å². The summed E-state index contributed by atoms with van der Waals surface area (Å²) < 4.78 is 0.961. The average molecular weight is 372 g/mol. The topological polar surface area (TPSA) is 56.0 Å². The van der Waals surface area contributed by atoms with Crippen LogP contribution in [0.3, 0.4) is 0 Å². The first-order valence-electron chi connectivity index (χ1n) is 5.14. The van der Waals surface area contributed by atoms with Crippen LogP contribution in [0.2, 0.25) is 0 Å². The number of nitrogens with zero attached hydrogens (tertiary/aromatic N) is 1. The Morgan fingerprint density at radius 1 is 1.17 bits per heavy atom. The summed E-state index contributed by atoms with van der Waals surface area (Å²) in [5.74, 6) is 0.536. The van der Waals surface area contributed by atoms with E-state index in [0.717, 1.165) is 10.0 Å². The molecule has 0 saturated heterocycles. The van der Waals surface area contributed by atoms with Gasteiger partial charge >= 0.3 is 0 Å². The number of carbonyl (C=O) groups is 1. The molecule has 3 nitrogen and oxygen atoms in total. The van der Waals surface area contributed by atoms with Crippen LogP contribution in [-0.2, 0) is 6.42 Å². The summed E-state index contributed by atoms with van der Waals surface area (Å²) in [4.78, 5) is 15.9. The maximum atomic E-state index is 11.9. The number of ketones is 1. The quantitative estimate of drug-likeness (QED) is 0.841. The Hall–Kier alpha value is -1.20. The molecular weight excluding hydrogens is 360 g/mol. The Bertz CT molecular complexity index is 524. The van der Waals surface area contributed by atoms with Crippen LogP contribution in [-0.4, -0.2) is 10.8 Å². The molecule has 0 amide bonds. The molecule has 2 N–H and O–H groups in total. The number of hydrogen-bond acceptors (Lipinski definition) is 3. The van der Waals surface area contributed by atoms with Crippen molar-refractivity contribution in [3.8, 4) is 0 Å².